The Bertz CT molecular complexity index is 729. The number of nitrogens with zero attached hydrogens (tertiary/aromatic N) is 4. The van der Waals surface area contributed by atoms with Crippen molar-refractivity contribution in [2.45, 2.75) is 75.7 Å². The molecule has 0 spiro atoms. The summed E-state index contributed by atoms with van der Waals surface area (Å²) in [6, 6.07) is 0.959. The molecule has 0 radical (unpaired) electrons. The van der Waals surface area contributed by atoms with Gasteiger partial charge in [-0.3, -0.25) is 4.99 Å². The molecule has 2 aliphatic rings. The molecule has 0 bridgehead atoms. The molecule has 1 saturated heterocycles. The van der Waals surface area contributed by atoms with E-state index in [2.05, 4.69) is 25.5 Å². The number of nitrogens with one attached hydrogen (secondary N) is 2. The van der Waals surface area contributed by atoms with E-state index >= 15 is 0 Å². The van der Waals surface area contributed by atoms with Crippen LogP contribution in [0.1, 0.15) is 57.7 Å². The van der Waals surface area contributed by atoms with E-state index in [-0.39, 0.29) is 36.6 Å². The summed E-state index contributed by atoms with van der Waals surface area (Å²) in [7, 11) is 1.44. The number of imidazole rings is 1. The summed E-state index contributed by atoms with van der Waals surface area (Å²) in [6.07, 6.45) is 4.39. The minimum Gasteiger partial charge on any atom is -0.374 e. The fraction of sp³-hybridized carbons (Fsp3) is 0.810. The molecule has 1 aliphatic carbocycles. The second-order valence-electron chi connectivity index (χ2n) is 8.62. The summed E-state index contributed by atoms with van der Waals surface area (Å²) in [5.41, 5.74) is -3.04. The van der Waals surface area contributed by atoms with Crippen LogP contribution >= 0.6 is 24.0 Å². The van der Waals surface area contributed by atoms with Gasteiger partial charge in [0.25, 0.3) is 0 Å². The Morgan fingerprint density at radius 3 is 2.41 bits per heavy atom. The molecule has 1 aromatic heterocycles. The van der Waals surface area contributed by atoms with E-state index in [1.54, 1.807) is 0 Å². The van der Waals surface area contributed by atoms with Crippen LogP contribution in [0.4, 0.5) is 13.2 Å². The quantitative estimate of drug-likeness (QED) is 0.266. The first-order valence-electron chi connectivity index (χ1n) is 11.3. The SMILES string of the molecule is CCNC(=NCCC(O)(c1nccn1C)C(F)(F)F)NC1CCN(C2CCCC2)CC1.I. The largest absolute Gasteiger partial charge is 0.424 e. The average molecular weight is 572 g/mol. The number of aromatic nitrogens is 2. The zero-order valence-corrected chi connectivity index (χ0v) is 21.2. The molecule has 7 nitrogen and oxygen atoms in total. The van der Waals surface area contributed by atoms with Crippen LogP contribution in [0.25, 0.3) is 0 Å². The third-order valence-electron chi connectivity index (χ3n) is 6.46. The number of piperidine rings is 1. The minimum atomic E-state index is -4.85. The number of likely N-dealkylation sites (tertiary alicyclic amines) is 1. The Morgan fingerprint density at radius 2 is 1.88 bits per heavy atom. The molecule has 3 N–H and O–H groups in total. The topological polar surface area (TPSA) is 77.7 Å². The van der Waals surface area contributed by atoms with Crippen molar-refractivity contribution in [3.05, 3.63) is 18.2 Å². The summed E-state index contributed by atoms with van der Waals surface area (Å²) in [6.45, 7) is 4.41. The number of aliphatic imine (C=N–C) groups is 1. The van der Waals surface area contributed by atoms with E-state index in [0.29, 0.717) is 18.5 Å². The first kappa shape index (κ1) is 27.2. The van der Waals surface area contributed by atoms with Crippen LogP contribution in [0.15, 0.2) is 17.4 Å². The fourth-order valence-corrected chi connectivity index (χ4v) is 4.67. The third-order valence-corrected chi connectivity index (χ3v) is 6.46. The predicted octanol–water partition coefficient (Wildman–Crippen LogP) is 3.14. The lowest BCUT2D eigenvalue weighted by Crippen LogP contribution is -2.50. The Kier molecular flexibility index (Phi) is 10.1. The van der Waals surface area contributed by atoms with E-state index in [4.69, 9.17) is 0 Å². The number of alkyl halides is 3. The molecule has 32 heavy (non-hydrogen) atoms. The lowest BCUT2D eigenvalue weighted by atomic mass is 9.98. The zero-order chi connectivity index (χ0) is 22.5. The van der Waals surface area contributed by atoms with Crippen molar-refractivity contribution in [1.29, 1.82) is 0 Å². The van der Waals surface area contributed by atoms with Crippen LogP contribution < -0.4 is 10.6 Å². The van der Waals surface area contributed by atoms with Gasteiger partial charge in [0.05, 0.1) is 0 Å². The van der Waals surface area contributed by atoms with Gasteiger partial charge in [0.1, 0.15) is 5.82 Å². The summed E-state index contributed by atoms with van der Waals surface area (Å²) in [5.74, 6) is 0.0682. The molecule has 1 unspecified atom stereocenters. The van der Waals surface area contributed by atoms with E-state index in [9.17, 15) is 18.3 Å². The average Bonchev–Trinajstić information content (AvgIpc) is 3.40. The molecule has 1 saturated carbocycles. The van der Waals surface area contributed by atoms with Gasteiger partial charge in [-0.1, -0.05) is 12.8 Å². The van der Waals surface area contributed by atoms with Crippen molar-refractivity contribution < 1.29 is 18.3 Å². The maximum Gasteiger partial charge on any atom is 0.424 e. The van der Waals surface area contributed by atoms with E-state index in [1.807, 2.05) is 6.92 Å². The first-order chi connectivity index (χ1) is 14.7. The zero-order valence-electron chi connectivity index (χ0n) is 18.9. The van der Waals surface area contributed by atoms with Crippen LogP contribution in [0.2, 0.25) is 0 Å². The van der Waals surface area contributed by atoms with Gasteiger partial charge in [0.2, 0.25) is 5.60 Å². The van der Waals surface area contributed by atoms with Gasteiger partial charge in [-0.2, -0.15) is 13.2 Å². The number of hydrogen-bond donors (Lipinski definition) is 3. The Hall–Kier alpha value is -1.08. The normalized spacial score (nSPS) is 21.2. The van der Waals surface area contributed by atoms with E-state index < -0.39 is 24.0 Å². The van der Waals surface area contributed by atoms with Crippen LogP contribution in [-0.4, -0.2) is 70.0 Å². The summed E-state index contributed by atoms with van der Waals surface area (Å²) in [4.78, 5) is 10.6. The van der Waals surface area contributed by atoms with Gasteiger partial charge in [-0.15, -0.1) is 24.0 Å². The molecule has 2 heterocycles. The maximum atomic E-state index is 13.7. The fourth-order valence-electron chi connectivity index (χ4n) is 4.67. The highest BCUT2D eigenvalue weighted by molar-refractivity contribution is 14.0. The monoisotopic (exact) mass is 572 g/mol. The van der Waals surface area contributed by atoms with E-state index in [1.165, 1.54) is 49.7 Å². The van der Waals surface area contributed by atoms with Crippen LogP contribution in [0.5, 0.6) is 0 Å². The van der Waals surface area contributed by atoms with Crippen LogP contribution in [0.3, 0.4) is 0 Å². The molecular weight excluding hydrogens is 536 g/mol. The highest BCUT2D eigenvalue weighted by atomic mass is 127. The highest BCUT2D eigenvalue weighted by Gasteiger charge is 2.57. The van der Waals surface area contributed by atoms with Crippen molar-refractivity contribution in [3.8, 4) is 0 Å². The highest BCUT2D eigenvalue weighted by Crippen LogP contribution is 2.40. The van der Waals surface area contributed by atoms with Gasteiger partial charge >= 0.3 is 6.18 Å². The molecule has 184 valence electrons. The molecule has 2 fully saturated rings. The van der Waals surface area contributed by atoms with Gasteiger partial charge in [-0.05, 0) is 32.6 Å². The molecule has 11 heteroatoms. The molecule has 0 aromatic carbocycles. The van der Waals surface area contributed by atoms with E-state index in [0.717, 1.165) is 25.9 Å². The molecular formula is C21H36F3IN6O. The molecule has 1 aliphatic heterocycles. The first-order valence-corrected chi connectivity index (χ1v) is 11.3. The van der Waals surface area contributed by atoms with Crippen molar-refractivity contribution in [2.24, 2.45) is 12.0 Å². The molecule has 1 atom stereocenters. The standard InChI is InChI=1S/C21H35F3N6O.HI/c1-3-25-19(28-16-8-13-30(14-9-16)17-6-4-5-7-17)27-11-10-20(31,21(22,23)24)18-26-12-15-29(18)2;/h12,15-17,31H,3-11,13-14H2,1-2H3,(H2,25,27,28);1H. The van der Waals surface area contributed by atoms with Crippen molar-refractivity contribution >= 4 is 29.9 Å². The van der Waals surface area contributed by atoms with Gasteiger partial charge < -0.3 is 25.2 Å². The number of hydrogen-bond acceptors (Lipinski definition) is 4. The third kappa shape index (κ3) is 6.49. The second-order valence-corrected chi connectivity index (χ2v) is 8.62. The number of halogens is 4. The number of aryl methyl sites for hydroxylation is 1. The maximum absolute atomic E-state index is 13.7. The van der Waals surface area contributed by atoms with Crippen molar-refractivity contribution in [3.63, 3.8) is 0 Å². The summed E-state index contributed by atoms with van der Waals surface area (Å²) < 4.78 is 42.2. The molecule has 0 amide bonds. The van der Waals surface area contributed by atoms with Gasteiger partial charge in [0.15, 0.2) is 5.96 Å². The van der Waals surface area contributed by atoms with Crippen molar-refractivity contribution in [1.82, 2.24) is 25.1 Å². The lowest BCUT2D eigenvalue weighted by Gasteiger charge is -2.36. The lowest BCUT2D eigenvalue weighted by molar-refractivity contribution is -0.272. The van der Waals surface area contributed by atoms with Crippen LogP contribution in [-0.2, 0) is 12.6 Å². The Balaban J connectivity index is 0.00000363. The summed E-state index contributed by atoms with van der Waals surface area (Å²) in [5, 5.41) is 16.9. The van der Waals surface area contributed by atoms with Crippen LogP contribution in [0, 0.1) is 0 Å². The minimum absolute atomic E-state index is 0. The smallest absolute Gasteiger partial charge is 0.374 e. The Morgan fingerprint density at radius 1 is 1.22 bits per heavy atom. The number of aliphatic hydroxyl groups is 1. The molecule has 1 aromatic rings. The van der Waals surface area contributed by atoms with Gasteiger partial charge in [0, 0.05) is 64.1 Å². The summed E-state index contributed by atoms with van der Waals surface area (Å²) >= 11 is 0. The van der Waals surface area contributed by atoms with Crippen molar-refractivity contribution in [2.75, 3.05) is 26.2 Å². The number of rotatable bonds is 7. The number of guanidine groups is 1. The molecule has 3 rings (SSSR count). The Labute approximate surface area is 205 Å². The van der Waals surface area contributed by atoms with Gasteiger partial charge in [-0.25, -0.2) is 4.98 Å². The predicted molar refractivity (Wildman–Crippen MR) is 129 cm³/mol. The second kappa shape index (κ2) is 11.9.